The van der Waals surface area contributed by atoms with Gasteiger partial charge in [0.15, 0.2) is 12.1 Å². The lowest BCUT2D eigenvalue weighted by molar-refractivity contribution is -0.100. The van der Waals surface area contributed by atoms with Crippen LogP contribution in [0.5, 0.6) is 0 Å². The van der Waals surface area contributed by atoms with E-state index in [0.717, 1.165) is 42.3 Å². The van der Waals surface area contributed by atoms with Gasteiger partial charge in [-0.25, -0.2) is 0 Å². The molecule has 0 aliphatic carbocycles. The van der Waals surface area contributed by atoms with E-state index < -0.39 is 0 Å². The molecule has 122 valence electrons. The topological polar surface area (TPSA) is 51.9 Å². The van der Waals surface area contributed by atoms with Crippen molar-refractivity contribution in [3.05, 3.63) is 35.6 Å². The van der Waals surface area contributed by atoms with E-state index in [2.05, 4.69) is 0 Å². The quantitative estimate of drug-likeness (QED) is 0.854. The van der Waals surface area contributed by atoms with E-state index in [-0.39, 0.29) is 18.2 Å². The maximum absolute atomic E-state index is 13.1. The summed E-state index contributed by atoms with van der Waals surface area (Å²) >= 11 is 0. The van der Waals surface area contributed by atoms with Crippen molar-refractivity contribution in [1.29, 1.82) is 0 Å². The Morgan fingerprint density at radius 1 is 1.17 bits per heavy atom. The van der Waals surface area contributed by atoms with Gasteiger partial charge < -0.3 is 18.8 Å². The molecule has 1 atom stereocenters. The SMILES string of the molecule is Cc1c(C(=O)N2CCCC[C@H]2C2OCCO2)oc2ccccc12. The zero-order valence-corrected chi connectivity index (χ0v) is 13.3. The number of rotatable bonds is 2. The molecule has 2 fully saturated rings. The van der Waals surface area contributed by atoms with Crippen LogP contribution in [0.3, 0.4) is 0 Å². The Morgan fingerprint density at radius 3 is 2.74 bits per heavy atom. The van der Waals surface area contributed by atoms with Gasteiger partial charge in [-0.15, -0.1) is 0 Å². The number of likely N-dealkylation sites (tertiary alicyclic amines) is 1. The molecule has 1 aromatic heterocycles. The van der Waals surface area contributed by atoms with Gasteiger partial charge in [-0.05, 0) is 32.3 Å². The molecular formula is C18H21NO4. The number of fused-ring (bicyclic) bond motifs is 1. The number of hydrogen-bond donors (Lipinski definition) is 0. The second kappa shape index (κ2) is 5.98. The molecule has 1 amide bonds. The largest absolute Gasteiger partial charge is 0.451 e. The van der Waals surface area contributed by atoms with Gasteiger partial charge in [0.1, 0.15) is 5.58 Å². The molecule has 23 heavy (non-hydrogen) atoms. The number of carbonyl (C=O) groups is 1. The number of para-hydroxylation sites is 1. The Labute approximate surface area is 135 Å². The van der Waals surface area contributed by atoms with E-state index in [1.807, 2.05) is 36.1 Å². The van der Waals surface area contributed by atoms with Crippen molar-refractivity contribution >= 4 is 16.9 Å². The van der Waals surface area contributed by atoms with Crippen molar-refractivity contribution < 1.29 is 18.7 Å². The number of piperidine rings is 1. The minimum Gasteiger partial charge on any atom is -0.451 e. The van der Waals surface area contributed by atoms with Crippen LogP contribution in [-0.4, -0.2) is 42.9 Å². The van der Waals surface area contributed by atoms with Crippen molar-refractivity contribution in [1.82, 2.24) is 4.90 Å². The predicted octanol–water partition coefficient (Wildman–Crippen LogP) is 3.11. The zero-order valence-electron chi connectivity index (χ0n) is 13.3. The lowest BCUT2D eigenvalue weighted by atomic mass is 10.0. The molecule has 4 rings (SSSR count). The number of carbonyl (C=O) groups excluding carboxylic acids is 1. The normalized spacial score (nSPS) is 22.8. The van der Waals surface area contributed by atoms with E-state index in [1.54, 1.807) is 0 Å². The number of ether oxygens (including phenoxy) is 2. The number of nitrogens with zero attached hydrogens (tertiary/aromatic N) is 1. The van der Waals surface area contributed by atoms with Crippen molar-refractivity contribution in [2.24, 2.45) is 0 Å². The second-order valence-electron chi connectivity index (χ2n) is 6.22. The third-order valence-electron chi connectivity index (χ3n) is 4.81. The van der Waals surface area contributed by atoms with Crippen molar-refractivity contribution in [2.75, 3.05) is 19.8 Å². The Kier molecular flexibility index (Phi) is 3.83. The molecule has 2 aliphatic heterocycles. The Hall–Kier alpha value is -1.85. The summed E-state index contributed by atoms with van der Waals surface area (Å²) in [7, 11) is 0. The highest BCUT2D eigenvalue weighted by Gasteiger charge is 2.38. The third-order valence-corrected chi connectivity index (χ3v) is 4.81. The first-order valence-electron chi connectivity index (χ1n) is 8.28. The summed E-state index contributed by atoms with van der Waals surface area (Å²) in [5.41, 5.74) is 1.67. The van der Waals surface area contributed by atoms with Gasteiger partial charge in [-0.2, -0.15) is 0 Å². The molecule has 0 saturated carbocycles. The summed E-state index contributed by atoms with van der Waals surface area (Å²) < 4.78 is 17.2. The molecule has 0 radical (unpaired) electrons. The molecule has 1 aromatic carbocycles. The Morgan fingerprint density at radius 2 is 1.96 bits per heavy atom. The molecule has 0 spiro atoms. The van der Waals surface area contributed by atoms with Gasteiger partial charge in [0.05, 0.1) is 19.3 Å². The Bertz CT molecular complexity index is 717. The number of furan rings is 1. The first kappa shape index (κ1) is 14.7. The van der Waals surface area contributed by atoms with E-state index in [0.29, 0.717) is 19.0 Å². The minimum atomic E-state index is -0.302. The monoisotopic (exact) mass is 315 g/mol. The first-order chi connectivity index (χ1) is 11.3. The van der Waals surface area contributed by atoms with Crippen LogP contribution in [0, 0.1) is 6.92 Å². The van der Waals surface area contributed by atoms with Gasteiger partial charge in [-0.1, -0.05) is 18.2 Å². The van der Waals surface area contributed by atoms with Crippen LogP contribution in [0.1, 0.15) is 35.4 Å². The molecule has 2 saturated heterocycles. The van der Waals surface area contributed by atoms with Gasteiger partial charge in [0.25, 0.3) is 5.91 Å². The number of hydrogen-bond acceptors (Lipinski definition) is 4. The van der Waals surface area contributed by atoms with Gasteiger partial charge >= 0.3 is 0 Å². The average molecular weight is 315 g/mol. The fourth-order valence-corrected chi connectivity index (χ4v) is 3.60. The smallest absolute Gasteiger partial charge is 0.290 e. The van der Waals surface area contributed by atoms with Crippen LogP contribution < -0.4 is 0 Å². The number of aryl methyl sites for hydroxylation is 1. The van der Waals surface area contributed by atoms with Gasteiger partial charge in [0, 0.05) is 17.5 Å². The lowest BCUT2D eigenvalue weighted by Crippen LogP contribution is -2.50. The molecule has 0 N–H and O–H groups in total. The number of benzene rings is 1. The van der Waals surface area contributed by atoms with E-state index in [1.165, 1.54) is 0 Å². The van der Waals surface area contributed by atoms with Crippen molar-refractivity contribution in [3.8, 4) is 0 Å². The fraction of sp³-hybridized carbons (Fsp3) is 0.500. The predicted molar refractivity (Wildman–Crippen MR) is 85.3 cm³/mol. The minimum absolute atomic E-state index is 0.0219. The number of amides is 1. The molecule has 5 nitrogen and oxygen atoms in total. The maximum Gasteiger partial charge on any atom is 0.290 e. The summed E-state index contributed by atoms with van der Waals surface area (Å²) in [5.74, 6) is 0.388. The van der Waals surface area contributed by atoms with Crippen molar-refractivity contribution in [3.63, 3.8) is 0 Å². The lowest BCUT2D eigenvalue weighted by Gasteiger charge is -2.37. The molecule has 5 heteroatoms. The van der Waals surface area contributed by atoms with E-state index in [9.17, 15) is 4.79 Å². The molecule has 2 aromatic rings. The second-order valence-corrected chi connectivity index (χ2v) is 6.22. The first-order valence-corrected chi connectivity index (χ1v) is 8.28. The van der Waals surface area contributed by atoms with Crippen LogP contribution in [0.2, 0.25) is 0 Å². The average Bonchev–Trinajstić information content (AvgIpc) is 3.23. The van der Waals surface area contributed by atoms with Crippen LogP contribution in [0.4, 0.5) is 0 Å². The highest BCUT2D eigenvalue weighted by atomic mass is 16.7. The molecule has 0 bridgehead atoms. The molecular weight excluding hydrogens is 294 g/mol. The van der Waals surface area contributed by atoms with Gasteiger partial charge in [0.2, 0.25) is 0 Å². The molecule has 2 aliphatic rings. The standard InChI is InChI=1S/C18H21NO4/c1-12-13-6-2-3-8-15(13)23-16(12)17(20)19-9-5-4-7-14(19)18-21-10-11-22-18/h2-3,6,8,14,18H,4-5,7,9-11H2,1H3/t14-/m0/s1. The van der Waals surface area contributed by atoms with Gasteiger partial charge in [-0.3, -0.25) is 4.79 Å². The van der Waals surface area contributed by atoms with Crippen LogP contribution in [-0.2, 0) is 9.47 Å². The van der Waals surface area contributed by atoms with Crippen LogP contribution >= 0.6 is 0 Å². The Balaban J connectivity index is 1.66. The summed E-state index contributed by atoms with van der Waals surface area (Å²) in [4.78, 5) is 15.0. The highest BCUT2D eigenvalue weighted by Crippen LogP contribution is 2.30. The van der Waals surface area contributed by atoms with Crippen molar-refractivity contribution in [2.45, 2.75) is 38.5 Å². The van der Waals surface area contributed by atoms with E-state index >= 15 is 0 Å². The zero-order chi connectivity index (χ0) is 15.8. The summed E-state index contributed by atoms with van der Waals surface area (Å²) in [6, 6.07) is 7.75. The molecule has 3 heterocycles. The fourth-order valence-electron chi connectivity index (χ4n) is 3.60. The summed E-state index contributed by atoms with van der Waals surface area (Å²) in [5, 5.41) is 0.998. The summed E-state index contributed by atoms with van der Waals surface area (Å²) in [6.07, 6.45) is 2.71. The highest BCUT2D eigenvalue weighted by molar-refractivity contribution is 5.99. The van der Waals surface area contributed by atoms with E-state index in [4.69, 9.17) is 13.9 Å². The maximum atomic E-state index is 13.1. The molecule has 0 unspecified atom stereocenters. The van der Waals surface area contributed by atoms with Crippen LogP contribution in [0.25, 0.3) is 11.0 Å². The van der Waals surface area contributed by atoms with Crippen LogP contribution in [0.15, 0.2) is 28.7 Å². The summed E-state index contributed by atoms with van der Waals surface area (Å²) in [6.45, 7) is 3.88. The third kappa shape index (κ3) is 2.54.